The summed E-state index contributed by atoms with van der Waals surface area (Å²) in [5, 5.41) is 4.27. The molecule has 20 heavy (non-hydrogen) atoms. The average Bonchev–Trinajstić information content (AvgIpc) is 2.88. The Morgan fingerprint density at radius 3 is 2.65 bits per heavy atom. The predicted octanol–water partition coefficient (Wildman–Crippen LogP) is 2.81. The Balaban J connectivity index is 2.01. The quantitative estimate of drug-likeness (QED) is 0.845. The van der Waals surface area contributed by atoms with E-state index >= 15 is 0 Å². The average molecular weight is 337 g/mol. The number of aromatic nitrogens is 3. The van der Waals surface area contributed by atoms with E-state index in [9.17, 15) is 0 Å². The molecule has 2 rings (SSSR count). The Morgan fingerprint density at radius 2 is 2.00 bits per heavy atom. The van der Waals surface area contributed by atoms with Crippen molar-refractivity contribution in [3.05, 3.63) is 46.5 Å². The fraction of sp³-hybridized carbons (Fsp3) is 0.467. The van der Waals surface area contributed by atoms with E-state index < -0.39 is 0 Å². The molecule has 0 amide bonds. The van der Waals surface area contributed by atoms with Gasteiger partial charge in [0, 0.05) is 17.4 Å². The zero-order chi connectivity index (χ0) is 14.4. The number of benzene rings is 1. The van der Waals surface area contributed by atoms with Crippen molar-refractivity contribution in [2.24, 2.45) is 11.7 Å². The Labute approximate surface area is 128 Å². The second kappa shape index (κ2) is 7.55. The van der Waals surface area contributed by atoms with Crippen LogP contribution in [-0.4, -0.2) is 21.3 Å². The summed E-state index contributed by atoms with van der Waals surface area (Å²) in [6.45, 7) is 3.73. The van der Waals surface area contributed by atoms with Gasteiger partial charge in [-0.25, -0.2) is 4.98 Å². The standard InChI is InChI=1S/C15H21BrN4/c1-2-7-20-15(18-11-19-20)9-13(10-17)8-12-3-5-14(16)6-4-12/h3-6,11,13H,2,7-10,17H2,1H3. The van der Waals surface area contributed by atoms with Crippen molar-refractivity contribution in [2.45, 2.75) is 32.7 Å². The third-order valence-electron chi connectivity index (χ3n) is 3.37. The van der Waals surface area contributed by atoms with E-state index in [1.165, 1.54) is 5.56 Å². The minimum absolute atomic E-state index is 0.399. The molecule has 1 heterocycles. The summed E-state index contributed by atoms with van der Waals surface area (Å²) in [5.41, 5.74) is 7.23. The van der Waals surface area contributed by atoms with Gasteiger partial charge in [0.2, 0.25) is 0 Å². The van der Waals surface area contributed by atoms with Gasteiger partial charge in [0.1, 0.15) is 12.2 Å². The number of nitrogens with two attached hydrogens (primary N) is 1. The Morgan fingerprint density at radius 1 is 1.25 bits per heavy atom. The van der Waals surface area contributed by atoms with Crippen LogP contribution < -0.4 is 5.73 Å². The van der Waals surface area contributed by atoms with Crippen molar-refractivity contribution in [3.8, 4) is 0 Å². The molecule has 0 saturated heterocycles. The van der Waals surface area contributed by atoms with Crippen LogP contribution in [0.3, 0.4) is 0 Å². The summed E-state index contributed by atoms with van der Waals surface area (Å²) < 4.78 is 3.10. The molecule has 0 spiro atoms. The largest absolute Gasteiger partial charge is 0.330 e. The van der Waals surface area contributed by atoms with Crippen LogP contribution in [0, 0.1) is 5.92 Å². The lowest BCUT2D eigenvalue weighted by Gasteiger charge is -2.15. The molecule has 1 atom stereocenters. The minimum Gasteiger partial charge on any atom is -0.330 e. The zero-order valence-electron chi connectivity index (χ0n) is 11.8. The van der Waals surface area contributed by atoms with Crippen LogP contribution in [0.15, 0.2) is 35.1 Å². The highest BCUT2D eigenvalue weighted by atomic mass is 79.9. The van der Waals surface area contributed by atoms with E-state index in [1.54, 1.807) is 6.33 Å². The van der Waals surface area contributed by atoms with E-state index in [2.05, 4.69) is 57.2 Å². The van der Waals surface area contributed by atoms with Crippen molar-refractivity contribution < 1.29 is 0 Å². The van der Waals surface area contributed by atoms with Crippen molar-refractivity contribution in [1.29, 1.82) is 0 Å². The highest BCUT2D eigenvalue weighted by Gasteiger charge is 2.13. The summed E-state index contributed by atoms with van der Waals surface area (Å²) in [4.78, 5) is 4.37. The molecule has 5 heteroatoms. The molecule has 0 radical (unpaired) electrons. The third-order valence-corrected chi connectivity index (χ3v) is 3.90. The van der Waals surface area contributed by atoms with Gasteiger partial charge in [-0.3, -0.25) is 4.68 Å². The first kappa shape index (κ1) is 15.2. The molecular formula is C15H21BrN4. The monoisotopic (exact) mass is 336 g/mol. The van der Waals surface area contributed by atoms with Gasteiger partial charge in [-0.15, -0.1) is 0 Å². The fourth-order valence-electron chi connectivity index (χ4n) is 2.30. The van der Waals surface area contributed by atoms with Gasteiger partial charge >= 0.3 is 0 Å². The van der Waals surface area contributed by atoms with Gasteiger partial charge in [0.25, 0.3) is 0 Å². The van der Waals surface area contributed by atoms with E-state index in [-0.39, 0.29) is 0 Å². The molecular weight excluding hydrogens is 316 g/mol. The smallest absolute Gasteiger partial charge is 0.138 e. The maximum absolute atomic E-state index is 5.92. The van der Waals surface area contributed by atoms with Crippen molar-refractivity contribution in [2.75, 3.05) is 6.54 Å². The topological polar surface area (TPSA) is 56.7 Å². The zero-order valence-corrected chi connectivity index (χ0v) is 13.4. The summed E-state index contributed by atoms with van der Waals surface area (Å²) >= 11 is 3.46. The van der Waals surface area contributed by atoms with Crippen LogP contribution in [0.4, 0.5) is 0 Å². The van der Waals surface area contributed by atoms with Gasteiger partial charge in [0.05, 0.1) is 0 Å². The third kappa shape index (κ3) is 4.15. The number of aryl methyl sites for hydroxylation is 1. The molecule has 0 aliphatic rings. The number of nitrogens with zero attached hydrogens (tertiary/aromatic N) is 3. The molecule has 0 saturated carbocycles. The lowest BCUT2D eigenvalue weighted by Crippen LogP contribution is -2.21. The van der Waals surface area contributed by atoms with Gasteiger partial charge in [-0.2, -0.15) is 5.10 Å². The second-order valence-electron chi connectivity index (χ2n) is 5.04. The van der Waals surface area contributed by atoms with Gasteiger partial charge in [-0.05, 0) is 43.0 Å². The summed E-state index contributed by atoms with van der Waals surface area (Å²) in [6.07, 6.45) is 4.56. The maximum Gasteiger partial charge on any atom is 0.138 e. The Kier molecular flexibility index (Phi) is 5.73. The molecule has 0 aliphatic carbocycles. The first-order valence-corrected chi connectivity index (χ1v) is 7.83. The van der Waals surface area contributed by atoms with Crippen LogP contribution >= 0.6 is 15.9 Å². The summed E-state index contributed by atoms with van der Waals surface area (Å²) in [5.74, 6) is 1.44. The molecule has 0 fully saturated rings. The number of hydrogen-bond donors (Lipinski definition) is 1. The Bertz CT molecular complexity index is 521. The van der Waals surface area contributed by atoms with Gasteiger partial charge in [-0.1, -0.05) is 35.0 Å². The molecule has 4 nitrogen and oxygen atoms in total. The van der Waals surface area contributed by atoms with Crippen molar-refractivity contribution >= 4 is 15.9 Å². The minimum atomic E-state index is 0.399. The molecule has 108 valence electrons. The normalized spacial score (nSPS) is 12.6. The summed E-state index contributed by atoms with van der Waals surface area (Å²) in [6, 6.07) is 8.43. The molecule has 2 aromatic rings. The highest BCUT2D eigenvalue weighted by Crippen LogP contribution is 2.16. The highest BCUT2D eigenvalue weighted by molar-refractivity contribution is 9.10. The fourth-order valence-corrected chi connectivity index (χ4v) is 2.56. The molecule has 1 aromatic heterocycles. The van der Waals surface area contributed by atoms with Gasteiger partial charge < -0.3 is 5.73 Å². The number of halogens is 1. The number of hydrogen-bond acceptors (Lipinski definition) is 3. The number of rotatable bonds is 7. The maximum atomic E-state index is 5.92. The van der Waals surface area contributed by atoms with Crippen LogP contribution in [0.5, 0.6) is 0 Å². The molecule has 1 unspecified atom stereocenters. The lowest BCUT2D eigenvalue weighted by molar-refractivity contribution is 0.483. The van der Waals surface area contributed by atoms with Crippen LogP contribution in [0.2, 0.25) is 0 Å². The second-order valence-corrected chi connectivity index (χ2v) is 5.95. The van der Waals surface area contributed by atoms with Crippen LogP contribution in [0.25, 0.3) is 0 Å². The summed E-state index contributed by atoms with van der Waals surface area (Å²) in [7, 11) is 0. The molecule has 2 N–H and O–H groups in total. The van der Waals surface area contributed by atoms with Crippen molar-refractivity contribution in [3.63, 3.8) is 0 Å². The van der Waals surface area contributed by atoms with Crippen LogP contribution in [0.1, 0.15) is 24.7 Å². The molecule has 0 bridgehead atoms. The van der Waals surface area contributed by atoms with Crippen LogP contribution in [-0.2, 0) is 19.4 Å². The SMILES string of the molecule is CCCn1ncnc1CC(CN)Cc1ccc(Br)cc1. The predicted molar refractivity (Wildman–Crippen MR) is 84.4 cm³/mol. The molecule has 0 aliphatic heterocycles. The van der Waals surface area contributed by atoms with E-state index in [0.717, 1.165) is 36.1 Å². The van der Waals surface area contributed by atoms with Gasteiger partial charge in [0.15, 0.2) is 0 Å². The van der Waals surface area contributed by atoms with Crippen molar-refractivity contribution in [1.82, 2.24) is 14.8 Å². The van der Waals surface area contributed by atoms with E-state index in [1.807, 2.05) is 4.68 Å². The molecule has 1 aromatic carbocycles. The van der Waals surface area contributed by atoms with E-state index in [0.29, 0.717) is 12.5 Å². The first-order valence-electron chi connectivity index (χ1n) is 7.04. The van der Waals surface area contributed by atoms with E-state index in [4.69, 9.17) is 5.73 Å². The Hall–Kier alpha value is -1.20. The first-order chi connectivity index (χ1) is 9.72. The lowest BCUT2D eigenvalue weighted by atomic mass is 9.96.